The number of carbonyl (C=O) groups is 3. The number of aromatic nitrogens is 2. The highest BCUT2D eigenvalue weighted by molar-refractivity contribution is 5.97. The van der Waals surface area contributed by atoms with Crippen LogP contribution in [0.2, 0.25) is 0 Å². The summed E-state index contributed by atoms with van der Waals surface area (Å²) in [5, 5.41) is 11.2. The van der Waals surface area contributed by atoms with Crippen LogP contribution in [0.1, 0.15) is 47.0 Å². The molecule has 2 aliphatic rings. The molecule has 0 atom stereocenters. The number of esters is 1. The molecule has 1 aromatic heterocycles. The molecule has 0 bridgehead atoms. The van der Waals surface area contributed by atoms with Gasteiger partial charge in [-0.2, -0.15) is 0 Å². The van der Waals surface area contributed by atoms with E-state index in [1.165, 1.54) is 26.2 Å². The van der Waals surface area contributed by atoms with Crippen molar-refractivity contribution >= 4 is 23.6 Å². The van der Waals surface area contributed by atoms with Gasteiger partial charge in [0, 0.05) is 39.6 Å². The first-order chi connectivity index (χ1) is 15.5. The van der Waals surface area contributed by atoms with E-state index in [1.807, 2.05) is 4.90 Å². The van der Waals surface area contributed by atoms with Gasteiger partial charge in [0.1, 0.15) is 5.75 Å². The number of carbonyl (C=O) groups excluding carboxylic acids is 3. The molecule has 9 heteroatoms. The first kappa shape index (κ1) is 21.7. The molecule has 1 saturated heterocycles. The van der Waals surface area contributed by atoms with Crippen LogP contribution < -0.4 is 15.0 Å². The number of hydrogen-bond acceptors (Lipinski definition) is 7. The van der Waals surface area contributed by atoms with Crippen LogP contribution in [-0.4, -0.2) is 65.6 Å². The Morgan fingerprint density at radius 2 is 1.78 bits per heavy atom. The molecule has 2 aromatic rings. The maximum absolute atomic E-state index is 12.9. The number of rotatable bonds is 6. The summed E-state index contributed by atoms with van der Waals surface area (Å²) < 4.78 is 5.17. The minimum atomic E-state index is -0.464. The van der Waals surface area contributed by atoms with Gasteiger partial charge in [-0.1, -0.05) is 18.6 Å². The number of piperazine rings is 1. The second-order valence-corrected chi connectivity index (χ2v) is 8.15. The fourth-order valence-electron chi connectivity index (χ4n) is 3.84. The second-order valence-electron chi connectivity index (χ2n) is 8.15. The van der Waals surface area contributed by atoms with Gasteiger partial charge in [0.15, 0.2) is 11.5 Å². The van der Waals surface area contributed by atoms with E-state index in [0.717, 1.165) is 0 Å². The summed E-state index contributed by atoms with van der Waals surface area (Å²) in [5.41, 5.74) is 0.678. The van der Waals surface area contributed by atoms with Crippen LogP contribution in [0.15, 0.2) is 36.4 Å². The molecule has 0 radical (unpaired) electrons. The van der Waals surface area contributed by atoms with Crippen LogP contribution in [0.4, 0.5) is 5.82 Å². The van der Waals surface area contributed by atoms with E-state index >= 15 is 0 Å². The van der Waals surface area contributed by atoms with Gasteiger partial charge in [-0.3, -0.25) is 14.4 Å². The number of ether oxygens (including phenoxy) is 1. The van der Waals surface area contributed by atoms with Crippen molar-refractivity contribution in [2.75, 3.05) is 37.6 Å². The second kappa shape index (κ2) is 9.76. The van der Waals surface area contributed by atoms with E-state index in [1.54, 1.807) is 41.3 Å². The van der Waals surface area contributed by atoms with Gasteiger partial charge in [-0.25, -0.2) is 0 Å². The Morgan fingerprint density at radius 3 is 2.41 bits per heavy atom. The van der Waals surface area contributed by atoms with E-state index < -0.39 is 5.97 Å². The lowest BCUT2D eigenvalue weighted by atomic mass is 9.85. The molecule has 1 aliphatic carbocycles. The fourth-order valence-corrected chi connectivity index (χ4v) is 3.84. The SMILES string of the molecule is CC(=O)Oc1ccccc1C(=O)N1CCN(c2ccc(C(=O)NCC3CCC3)nn2)CC1. The maximum Gasteiger partial charge on any atom is 0.308 e. The maximum atomic E-state index is 12.9. The first-order valence-electron chi connectivity index (χ1n) is 10.9. The molecule has 168 valence electrons. The Balaban J connectivity index is 1.32. The number of nitrogens with one attached hydrogen (secondary N) is 1. The largest absolute Gasteiger partial charge is 0.426 e. The third-order valence-corrected chi connectivity index (χ3v) is 5.92. The molecule has 1 aliphatic heterocycles. The summed E-state index contributed by atoms with van der Waals surface area (Å²) >= 11 is 0. The van der Waals surface area contributed by atoms with Crippen LogP contribution in [0.5, 0.6) is 5.75 Å². The van der Waals surface area contributed by atoms with Crippen LogP contribution in [0.25, 0.3) is 0 Å². The van der Waals surface area contributed by atoms with Crippen molar-refractivity contribution in [2.24, 2.45) is 5.92 Å². The molecule has 32 heavy (non-hydrogen) atoms. The van der Waals surface area contributed by atoms with Crippen molar-refractivity contribution < 1.29 is 19.1 Å². The number of amides is 2. The standard InChI is InChI=1S/C23H27N5O4/c1-16(29)32-20-8-3-2-7-18(20)23(31)28-13-11-27(12-14-28)21-10-9-19(25-26-21)22(30)24-15-17-5-4-6-17/h2-3,7-10,17H,4-6,11-15H2,1H3,(H,24,30). The number of benzene rings is 1. The number of nitrogens with zero attached hydrogens (tertiary/aromatic N) is 4. The lowest BCUT2D eigenvalue weighted by Gasteiger charge is -2.35. The third-order valence-electron chi connectivity index (χ3n) is 5.92. The minimum Gasteiger partial charge on any atom is -0.426 e. The van der Waals surface area contributed by atoms with Gasteiger partial charge in [0.05, 0.1) is 5.56 Å². The summed E-state index contributed by atoms with van der Waals surface area (Å²) in [6.45, 7) is 4.17. The predicted molar refractivity (Wildman–Crippen MR) is 118 cm³/mol. The molecule has 4 rings (SSSR count). The Morgan fingerprint density at radius 1 is 1.03 bits per heavy atom. The van der Waals surface area contributed by atoms with Gasteiger partial charge >= 0.3 is 5.97 Å². The Hall–Kier alpha value is -3.49. The lowest BCUT2D eigenvalue weighted by molar-refractivity contribution is -0.131. The molecule has 1 N–H and O–H groups in total. The van der Waals surface area contributed by atoms with Crippen LogP contribution in [-0.2, 0) is 4.79 Å². The van der Waals surface area contributed by atoms with Crippen molar-refractivity contribution in [1.82, 2.24) is 20.4 Å². The van der Waals surface area contributed by atoms with E-state index in [2.05, 4.69) is 15.5 Å². The molecule has 0 unspecified atom stereocenters. The Bertz CT molecular complexity index is 982. The smallest absolute Gasteiger partial charge is 0.308 e. The summed E-state index contributed by atoms with van der Waals surface area (Å²) in [6, 6.07) is 10.2. The topological polar surface area (TPSA) is 105 Å². The van der Waals surface area contributed by atoms with Crippen molar-refractivity contribution in [1.29, 1.82) is 0 Å². The minimum absolute atomic E-state index is 0.175. The normalized spacial score (nSPS) is 16.3. The molecule has 1 saturated carbocycles. The number of hydrogen-bond donors (Lipinski definition) is 1. The zero-order valence-corrected chi connectivity index (χ0v) is 18.1. The molecular weight excluding hydrogens is 410 g/mol. The monoisotopic (exact) mass is 437 g/mol. The Kier molecular flexibility index (Phi) is 6.63. The zero-order chi connectivity index (χ0) is 22.5. The first-order valence-corrected chi connectivity index (χ1v) is 10.9. The van der Waals surface area contributed by atoms with Crippen LogP contribution in [0.3, 0.4) is 0 Å². The fraction of sp³-hybridized carbons (Fsp3) is 0.435. The average molecular weight is 438 g/mol. The van der Waals surface area contributed by atoms with Gasteiger partial charge in [0.2, 0.25) is 0 Å². The molecule has 9 nitrogen and oxygen atoms in total. The van der Waals surface area contributed by atoms with Crippen LogP contribution >= 0.6 is 0 Å². The summed E-state index contributed by atoms with van der Waals surface area (Å²) in [5.74, 6) is 0.696. The summed E-state index contributed by atoms with van der Waals surface area (Å²) in [6.07, 6.45) is 3.59. The highest BCUT2D eigenvalue weighted by Gasteiger charge is 2.25. The molecule has 0 spiro atoms. The molecule has 2 heterocycles. The molecular formula is C23H27N5O4. The zero-order valence-electron chi connectivity index (χ0n) is 18.1. The van der Waals surface area contributed by atoms with E-state index in [0.29, 0.717) is 55.7 Å². The van der Waals surface area contributed by atoms with E-state index in [9.17, 15) is 14.4 Å². The lowest BCUT2D eigenvalue weighted by Crippen LogP contribution is -2.49. The molecule has 2 amide bonds. The summed E-state index contributed by atoms with van der Waals surface area (Å²) in [4.78, 5) is 40.2. The van der Waals surface area contributed by atoms with Gasteiger partial charge in [0.25, 0.3) is 11.8 Å². The summed E-state index contributed by atoms with van der Waals surface area (Å²) in [7, 11) is 0. The number of para-hydroxylation sites is 1. The van der Waals surface area contributed by atoms with Gasteiger partial charge in [-0.05, 0) is 43.0 Å². The van der Waals surface area contributed by atoms with Crippen molar-refractivity contribution in [3.63, 3.8) is 0 Å². The van der Waals surface area contributed by atoms with Gasteiger partial charge < -0.3 is 19.9 Å². The van der Waals surface area contributed by atoms with E-state index in [4.69, 9.17) is 4.74 Å². The number of anilines is 1. The molecule has 2 fully saturated rings. The van der Waals surface area contributed by atoms with Crippen molar-refractivity contribution in [3.8, 4) is 5.75 Å². The highest BCUT2D eigenvalue weighted by Crippen LogP contribution is 2.25. The van der Waals surface area contributed by atoms with Crippen molar-refractivity contribution in [2.45, 2.75) is 26.2 Å². The predicted octanol–water partition coefficient (Wildman–Crippen LogP) is 1.89. The molecule has 1 aromatic carbocycles. The Labute approximate surface area is 186 Å². The quantitative estimate of drug-likeness (QED) is 0.544. The van der Waals surface area contributed by atoms with Crippen molar-refractivity contribution in [3.05, 3.63) is 47.7 Å². The van der Waals surface area contributed by atoms with E-state index in [-0.39, 0.29) is 17.6 Å². The van der Waals surface area contributed by atoms with Gasteiger partial charge in [-0.15, -0.1) is 10.2 Å². The highest BCUT2D eigenvalue weighted by atomic mass is 16.5. The third kappa shape index (κ3) is 5.04. The average Bonchev–Trinajstić information content (AvgIpc) is 2.78. The van der Waals surface area contributed by atoms with Crippen LogP contribution in [0, 0.1) is 5.92 Å².